The van der Waals surface area contributed by atoms with Crippen LogP contribution in [0.15, 0.2) is 54.6 Å². The van der Waals surface area contributed by atoms with Crippen molar-refractivity contribution in [1.29, 1.82) is 0 Å². The lowest BCUT2D eigenvalue weighted by Crippen LogP contribution is -2.48. The highest BCUT2D eigenvalue weighted by molar-refractivity contribution is 5.98. The summed E-state index contributed by atoms with van der Waals surface area (Å²) < 4.78 is 5.66. The maximum absolute atomic E-state index is 12.1. The van der Waals surface area contributed by atoms with Gasteiger partial charge in [-0.05, 0) is 49.2 Å². The predicted octanol–water partition coefficient (Wildman–Crippen LogP) is 1.76. The van der Waals surface area contributed by atoms with Crippen LogP contribution in [0.1, 0.15) is 12.8 Å². The largest absolute Gasteiger partial charge is 0.457 e. The second kappa shape index (κ2) is 8.66. The Morgan fingerprint density at radius 2 is 1.48 bits per heavy atom. The van der Waals surface area contributed by atoms with Gasteiger partial charge in [-0.1, -0.05) is 18.2 Å². The quantitative estimate of drug-likeness (QED) is 0.720. The predicted molar refractivity (Wildman–Crippen MR) is 99.4 cm³/mol. The summed E-state index contributed by atoms with van der Waals surface area (Å²) in [6, 6.07) is 15.8. The Hall–Kier alpha value is -2.90. The van der Waals surface area contributed by atoms with E-state index in [4.69, 9.17) is 4.74 Å². The molecule has 27 heavy (non-hydrogen) atoms. The minimum Gasteiger partial charge on any atom is -0.457 e. The second-order valence-electron chi connectivity index (χ2n) is 6.35. The molecule has 7 nitrogen and oxygen atoms in total. The van der Waals surface area contributed by atoms with Gasteiger partial charge in [-0.3, -0.25) is 9.59 Å². The molecule has 1 aliphatic heterocycles. The summed E-state index contributed by atoms with van der Waals surface area (Å²) in [5.41, 5.74) is 0.417. The zero-order chi connectivity index (χ0) is 19.2. The van der Waals surface area contributed by atoms with Gasteiger partial charge in [0.2, 0.25) is 0 Å². The lowest BCUT2D eigenvalue weighted by atomic mass is 10.1. The monoisotopic (exact) mass is 370 g/mol. The number of carbonyl (C=O) groups excluding carboxylic acids is 2. The fraction of sp³-hybridized carbons (Fsp3) is 0.300. The highest BCUT2D eigenvalue weighted by Gasteiger charge is 2.34. The zero-order valence-corrected chi connectivity index (χ0v) is 14.7. The molecule has 0 unspecified atom stereocenters. The van der Waals surface area contributed by atoms with Gasteiger partial charge in [0.25, 0.3) is 11.8 Å². The molecule has 0 radical (unpaired) electrons. The van der Waals surface area contributed by atoms with Gasteiger partial charge >= 0.3 is 0 Å². The maximum Gasteiger partial charge on any atom is 0.256 e. The average molecular weight is 370 g/mol. The van der Waals surface area contributed by atoms with E-state index in [2.05, 4.69) is 5.32 Å². The van der Waals surface area contributed by atoms with Crippen LogP contribution in [0.4, 0.5) is 5.69 Å². The van der Waals surface area contributed by atoms with E-state index >= 15 is 0 Å². The van der Waals surface area contributed by atoms with Crippen molar-refractivity contribution in [3.05, 3.63) is 54.6 Å². The number of amides is 2. The third-order valence-corrected chi connectivity index (χ3v) is 4.34. The Morgan fingerprint density at radius 3 is 2.11 bits per heavy atom. The summed E-state index contributed by atoms with van der Waals surface area (Å²) in [5.74, 6) is -0.189. The number of anilines is 1. The molecule has 0 aliphatic carbocycles. The molecule has 0 spiro atoms. The molecule has 1 aliphatic rings. The minimum atomic E-state index is -1.83. The highest BCUT2D eigenvalue weighted by Crippen LogP contribution is 2.22. The fourth-order valence-corrected chi connectivity index (χ4v) is 2.85. The van der Waals surface area contributed by atoms with Crippen molar-refractivity contribution in [2.75, 3.05) is 18.4 Å². The van der Waals surface area contributed by atoms with Crippen LogP contribution < -0.4 is 10.1 Å². The van der Waals surface area contributed by atoms with Gasteiger partial charge in [-0.2, -0.15) is 0 Å². The molecular weight excluding hydrogens is 348 g/mol. The van der Waals surface area contributed by atoms with E-state index < -0.39 is 24.0 Å². The van der Waals surface area contributed by atoms with Gasteiger partial charge < -0.3 is 25.2 Å². The van der Waals surface area contributed by atoms with Crippen molar-refractivity contribution in [2.45, 2.75) is 25.0 Å². The Labute approximate surface area is 157 Å². The van der Waals surface area contributed by atoms with Gasteiger partial charge in [-0.25, -0.2) is 0 Å². The van der Waals surface area contributed by atoms with E-state index in [-0.39, 0.29) is 0 Å². The number of aliphatic hydroxyl groups excluding tert-OH is 2. The number of benzene rings is 2. The second-order valence-corrected chi connectivity index (χ2v) is 6.35. The van der Waals surface area contributed by atoms with Crippen molar-refractivity contribution in [1.82, 2.24) is 4.90 Å². The molecule has 142 valence electrons. The molecule has 0 saturated carbocycles. The molecule has 1 fully saturated rings. The Morgan fingerprint density at radius 1 is 0.889 bits per heavy atom. The summed E-state index contributed by atoms with van der Waals surface area (Å²) in [7, 11) is 0. The third kappa shape index (κ3) is 4.84. The van der Waals surface area contributed by atoms with Crippen LogP contribution >= 0.6 is 0 Å². The summed E-state index contributed by atoms with van der Waals surface area (Å²) in [5, 5.41) is 22.5. The molecule has 2 aromatic carbocycles. The SMILES string of the molecule is O=C(Nc1ccc(Oc2ccccc2)cc1)[C@H](O)[C@@H](O)C(=O)N1CCCC1. The molecule has 1 saturated heterocycles. The van der Waals surface area contributed by atoms with Crippen molar-refractivity contribution in [2.24, 2.45) is 0 Å². The minimum absolute atomic E-state index is 0.417. The number of rotatable bonds is 6. The molecular formula is C20H22N2O5. The number of hydrogen-bond donors (Lipinski definition) is 3. The lowest BCUT2D eigenvalue weighted by Gasteiger charge is -2.22. The standard InChI is InChI=1S/C20H22N2O5/c23-17(18(24)20(26)22-12-4-5-13-22)19(25)21-14-8-10-16(11-9-14)27-15-6-2-1-3-7-15/h1-3,6-11,17-18,23-24H,4-5,12-13H2,(H,21,25)/t17-,18-/m1/s1. The van der Waals surface area contributed by atoms with Gasteiger partial charge in [0.15, 0.2) is 12.2 Å². The van der Waals surface area contributed by atoms with E-state index in [0.29, 0.717) is 30.3 Å². The van der Waals surface area contributed by atoms with E-state index in [1.54, 1.807) is 24.3 Å². The van der Waals surface area contributed by atoms with Gasteiger partial charge in [0.1, 0.15) is 11.5 Å². The first-order valence-electron chi connectivity index (χ1n) is 8.83. The summed E-state index contributed by atoms with van der Waals surface area (Å²) in [6.45, 7) is 1.07. The summed E-state index contributed by atoms with van der Waals surface area (Å²) in [6.07, 6.45) is -1.89. The number of nitrogens with one attached hydrogen (secondary N) is 1. The molecule has 0 aromatic heterocycles. The normalized spacial score (nSPS) is 15.9. The Balaban J connectivity index is 1.55. The van der Waals surface area contributed by atoms with E-state index in [1.807, 2.05) is 30.3 Å². The number of nitrogens with zero attached hydrogens (tertiary/aromatic N) is 1. The van der Waals surface area contributed by atoms with Crippen LogP contribution in [0.5, 0.6) is 11.5 Å². The average Bonchev–Trinajstić information content (AvgIpc) is 3.23. The summed E-state index contributed by atoms with van der Waals surface area (Å²) >= 11 is 0. The number of likely N-dealkylation sites (tertiary alicyclic amines) is 1. The van der Waals surface area contributed by atoms with Crippen LogP contribution in [-0.4, -0.2) is 52.2 Å². The van der Waals surface area contributed by atoms with Crippen LogP contribution in [0.2, 0.25) is 0 Å². The van der Waals surface area contributed by atoms with Crippen LogP contribution in [-0.2, 0) is 9.59 Å². The Bertz CT molecular complexity index is 773. The first-order chi connectivity index (χ1) is 13.0. The molecule has 0 bridgehead atoms. The molecule has 2 amide bonds. The zero-order valence-electron chi connectivity index (χ0n) is 14.7. The number of ether oxygens (including phenoxy) is 1. The molecule has 3 rings (SSSR count). The van der Waals surface area contributed by atoms with Crippen molar-refractivity contribution < 1.29 is 24.5 Å². The van der Waals surface area contributed by atoms with E-state index in [9.17, 15) is 19.8 Å². The number of aliphatic hydroxyl groups is 2. The fourth-order valence-electron chi connectivity index (χ4n) is 2.85. The third-order valence-electron chi connectivity index (χ3n) is 4.34. The van der Waals surface area contributed by atoms with Gasteiger partial charge in [0, 0.05) is 18.8 Å². The maximum atomic E-state index is 12.1. The molecule has 1 heterocycles. The topological polar surface area (TPSA) is 99.1 Å². The summed E-state index contributed by atoms with van der Waals surface area (Å²) in [4.78, 5) is 25.7. The van der Waals surface area contributed by atoms with Crippen LogP contribution in [0.3, 0.4) is 0 Å². The van der Waals surface area contributed by atoms with Crippen molar-refractivity contribution in [3.63, 3.8) is 0 Å². The van der Waals surface area contributed by atoms with Crippen LogP contribution in [0, 0.1) is 0 Å². The number of para-hydroxylation sites is 1. The van der Waals surface area contributed by atoms with E-state index in [1.165, 1.54) is 4.90 Å². The molecule has 7 heteroatoms. The smallest absolute Gasteiger partial charge is 0.256 e. The van der Waals surface area contributed by atoms with Crippen LogP contribution in [0.25, 0.3) is 0 Å². The van der Waals surface area contributed by atoms with Gasteiger partial charge in [0.05, 0.1) is 0 Å². The first-order valence-corrected chi connectivity index (χ1v) is 8.83. The lowest BCUT2D eigenvalue weighted by molar-refractivity contribution is -0.150. The number of hydrogen-bond acceptors (Lipinski definition) is 5. The van der Waals surface area contributed by atoms with Crippen molar-refractivity contribution in [3.8, 4) is 11.5 Å². The number of carbonyl (C=O) groups is 2. The molecule has 3 N–H and O–H groups in total. The molecule has 2 atom stereocenters. The first kappa shape index (κ1) is 18.9. The molecule has 2 aromatic rings. The van der Waals surface area contributed by atoms with E-state index in [0.717, 1.165) is 12.8 Å². The van der Waals surface area contributed by atoms with Gasteiger partial charge in [-0.15, -0.1) is 0 Å². The van der Waals surface area contributed by atoms with Crippen molar-refractivity contribution >= 4 is 17.5 Å². The highest BCUT2D eigenvalue weighted by atomic mass is 16.5. The Kier molecular flexibility index (Phi) is 6.05.